The highest BCUT2D eigenvalue weighted by atomic mass is 35.5. The monoisotopic (exact) mass is 303 g/mol. The first-order chi connectivity index (χ1) is 10.1. The zero-order chi connectivity index (χ0) is 14.8. The standard InChI is InChI=1S/C17H15ClFNO/c18-14-8-7-12(10-15(14)19)11-20-9-3-6-17(21)13-4-1-2-5-16(13)20/h1-2,4-5,7-8,10H,3,6,9,11H2. The summed E-state index contributed by atoms with van der Waals surface area (Å²) in [5, 5.41) is 0.130. The van der Waals surface area contributed by atoms with E-state index in [1.54, 1.807) is 6.07 Å². The molecule has 2 aromatic rings. The Balaban J connectivity index is 1.92. The van der Waals surface area contributed by atoms with Gasteiger partial charge in [0.05, 0.1) is 5.02 Å². The quantitative estimate of drug-likeness (QED) is 0.816. The summed E-state index contributed by atoms with van der Waals surface area (Å²) >= 11 is 5.72. The fourth-order valence-electron chi connectivity index (χ4n) is 2.69. The van der Waals surface area contributed by atoms with Crippen LogP contribution in [0.3, 0.4) is 0 Å². The van der Waals surface area contributed by atoms with Crippen molar-refractivity contribution in [3.63, 3.8) is 0 Å². The maximum absolute atomic E-state index is 13.6. The highest BCUT2D eigenvalue weighted by Gasteiger charge is 2.20. The lowest BCUT2D eigenvalue weighted by Crippen LogP contribution is -2.23. The fraction of sp³-hybridized carbons (Fsp3) is 0.235. The predicted molar refractivity (Wildman–Crippen MR) is 82.5 cm³/mol. The van der Waals surface area contributed by atoms with Crippen molar-refractivity contribution in [3.05, 3.63) is 64.4 Å². The van der Waals surface area contributed by atoms with Crippen LogP contribution in [0.1, 0.15) is 28.8 Å². The van der Waals surface area contributed by atoms with Gasteiger partial charge in [0.1, 0.15) is 5.82 Å². The molecule has 108 valence electrons. The van der Waals surface area contributed by atoms with Crippen LogP contribution in [0.15, 0.2) is 42.5 Å². The van der Waals surface area contributed by atoms with Gasteiger partial charge in [-0.1, -0.05) is 29.8 Å². The van der Waals surface area contributed by atoms with E-state index >= 15 is 0 Å². The molecule has 3 rings (SSSR count). The average molecular weight is 304 g/mol. The average Bonchev–Trinajstić information content (AvgIpc) is 2.64. The van der Waals surface area contributed by atoms with Crippen molar-refractivity contribution < 1.29 is 9.18 Å². The molecule has 1 aliphatic rings. The van der Waals surface area contributed by atoms with Gasteiger partial charge in [0.2, 0.25) is 0 Å². The molecule has 2 nitrogen and oxygen atoms in total. The van der Waals surface area contributed by atoms with Gasteiger partial charge in [-0.3, -0.25) is 4.79 Å². The molecule has 1 aliphatic heterocycles. The van der Waals surface area contributed by atoms with Crippen LogP contribution in [-0.4, -0.2) is 12.3 Å². The molecule has 0 amide bonds. The Morgan fingerprint density at radius 3 is 2.81 bits per heavy atom. The van der Waals surface area contributed by atoms with Gasteiger partial charge in [0.25, 0.3) is 0 Å². The van der Waals surface area contributed by atoms with Gasteiger partial charge in [0.15, 0.2) is 5.78 Å². The molecule has 0 aliphatic carbocycles. The molecule has 0 N–H and O–H groups in total. The normalized spacial score (nSPS) is 14.8. The molecule has 21 heavy (non-hydrogen) atoms. The van der Waals surface area contributed by atoms with Crippen molar-refractivity contribution in [2.75, 3.05) is 11.4 Å². The molecular weight excluding hydrogens is 289 g/mol. The summed E-state index contributed by atoms with van der Waals surface area (Å²) in [5.74, 6) is -0.233. The summed E-state index contributed by atoms with van der Waals surface area (Å²) in [4.78, 5) is 14.2. The number of benzene rings is 2. The molecule has 1 heterocycles. The molecular formula is C17H15ClFNO. The summed E-state index contributed by atoms with van der Waals surface area (Å²) in [6.45, 7) is 1.35. The van der Waals surface area contributed by atoms with E-state index in [4.69, 9.17) is 11.6 Å². The second-order valence-corrected chi connectivity index (χ2v) is 5.62. The SMILES string of the molecule is O=C1CCCN(Cc2ccc(Cl)c(F)c2)c2ccccc21. The highest BCUT2D eigenvalue weighted by Crippen LogP contribution is 2.28. The van der Waals surface area contributed by atoms with Crippen molar-refractivity contribution in [3.8, 4) is 0 Å². The van der Waals surface area contributed by atoms with E-state index in [1.165, 1.54) is 6.07 Å². The number of rotatable bonds is 2. The van der Waals surface area contributed by atoms with E-state index in [9.17, 15) is 9.18 Å². The Morgan fingerprint density at radius 1 is 1.19 bits per heavy atom. The third-order valence-corrected chi connectivity index (χ3v) is 4.04. The van der Waals surface area contributed by atoms with Crippen LogP contribution in [0.25, 0.3) is 0 Å². The van der Waals surface area contributed by atoms with Gasteiger partial charge in [-0.25, -0.2) is 4.39 Å². The summed E-state index contributed by atoms with van der Waals surface area (Å²) < 4.78 is 13.6. The first-order valence-electron chi connectivity index (χ1n) is 6.96. The van der Waals surface area contributed by atoms with Gasteiger partial charge in [-0.05, 0) is 36.2 Å². The smallest absolute Gasteiger partial charge is 0.165 e. The predicted octanol–water partition coefficient (Wildman–Crippen LogP) is 4.46. The van der Waals surface area contributed by atoms with E-state index < -0.39 is 5.82 Å². The van der Waals surface area contributed by atoms with Crippen LogP contribution < -0.4 is 4.90 Å². The van der Waals surface area contributed by atoms with Gasteiger partial charge in [-0.15, -0.1) is 0 Å². The van der Waals surface area contributed by atoms with Crippen molar-refractivity contribution >= 4 is 23.1 Å². The van der Waals surface area contributed by atoms with Gasteiger partial charge in [0, 0.05) is 30.8 Å². The summed E-state index contributed by atoms with van der Waals surface area (Å²) in [6.07, 6.45) is 1.37. The molecule has 0 saturated carbocycles. The van der Waals surface area contributed by atoms with Crippen LogP contribution in [-0.2, 0) is 6.54 Å². The van der Waals surface area contributed by atoms with Crippen molar-refractivity contribution in [1.29, 1.82) is 0 Å². The Morgan fingerprint density at radius 2 is 2.00 bits per heavy atom. The van der Waals surface area contributed by atoms with E-state index in [0.717, 1.165) is 29.8 Å². The first kappa shape index (κ1) is 14.1. The number of anilines is 1. The number of Topliss-reactive ketones (excluding diaryl/α,β-unsaturated/α-hetero) is 1. The summed E-state index contributed by atoms with van der Waals surface area (Å²) in [6, 6.07) is 12.5. The Hall–Kier alpha value is -1.87. The summed E-state index contributed by atoms with van der Waals surface area (Å²) in [5.41, 5.74) is 2.53. The Bertz CT molecular complexity index is 686. The maximum Gasteiger partial charge on any atom is 0.165 e. The highest BCUT2D eigenvalue weighted by molar-refractivity contribution is 6.30. The lowest BCUT2D eigenvalue weighted by molar-refractivity contribution is 0.0984. The zero-order valence-corrected chi connectivity index (χ0v) is 12.2. The number of fused-ring (bicyclic) bond motifs is 1. The zero-order valence-electron chi connectivity index (χ0n) is 11.5. The number of carbonyl (C=O) groups is 1. The molecule has 0 unspecified atom stereocenters. The first-order valence-corrected chi connectivity index (χ1v) is 7.34. The third kappa shape index (κ3) is 2.93. The third-order valence-electron chi connectivity index (χ3n) is 3.73. The number of para-hydroxylation sites is 1. The number of nitrogens with zero attached hydrogens (tertiary/aromatic N) is 1. The minimum absolute atomic E-state index is 0.130. The fourth-order valence-corrected chi connectivity index (χ4v) is 2.81. The molecule has 0 radical (unpaired) electrons. The number of hydrogen-bond acceptors (Lipinski definition) is 2. The Kier molecular flexibility index (Phi) is 3.93. The molecule has 4 heteroatoms. The number of halogens is 2. The van der Waals surface area contributed by atoms with Gasteiger partial charge >= 0.3 is 0 Å². The van der Waals surface area contributed by atoms with Crippen LogP contribution in [0.5, 0.6) is 0 Å². The minimum atomic E-state index is -0.409. The molecule has 2 aromatic carbocycles. The number of ketones is 1. The van der Waals surface area contributed by atoms with Gasteiger partial charge < -0.3 is 4.90 Å². The van der Waals surface area contributed by atoms with Crippen LogP contribution >= 0.6 is 11.6 Å². The van der Waals surface area contributed by atoms with Gasteiger partial charge in [-0.2, -0.15) is 0 Å². The number of carbonyl (C=O) groups excluding carboxylic acids is 1. The largest absolute Gasteiger partial charge is 0.367 e. The molecule has 0 fully saturated rings. The molecule has 0 bridgehead atoms. The second kappa shape index (κ2) is 5.86. The lowest BCUT2D eigenvalue weighted by Gasteiger charge is -2.24. The maximum atomic E-state index is 13.6. The van der Waals surface area contributed by atoms with E-state index in [2.05, 4.69) is 4.90 Å². The van der Waals surface area contributed by atoms with Crippen LogP contribution in [0.2, 0.25) is 5.02 Å². The van der Waals surface area contributed by atoms with E-state index in [-0.39, 0.29) is 10.8 Å². The second-order valence-electron chi connectivity index (χ2n) is 5.21. The van der Waals surface area contributed by atoms with E-state index in [0.29, 0.717) is 13.0 Å². The molecule has 0 aromatic heterocycles. The van der Waals surface area contributed by atoms with Crippen LogP contribution in [0.4, 0.5) is 10.1 Å². The van der Waals surface area contributed by atoms with Crippen LogP contribution in [0, 0.1) is 5.82 Å². The number of hydrogen-bond donors (Lipinski definition) is 0. The lowest BCUT2D eigenvalue weighted by atomic mass is 10.1. The van der Waals surface area contributed by atoms with Crippen molar-refractivity contribution in [2.24, 2.45) is 0 Å². The van der Waals surface area contributed by atoms with E-state index in [1.807, 2.05) is 30.3 Å². The molecule has 0 spiro atoms. The minimum Gasteiger partial charge on any atom is -0.367 e. The topological polar surface area (TPSA) is 20.3 Å². The molecule has 0 atom stereocenters. The Labute approximate surface area is 128 Å². The van der Waals surface area contributed by atoms with Crippen molar-refractivity contribution in [1.82, 2.24) is 0 Å². The molecule has 0 saturated heterocycles. The summed E-state index contributed by atoms with van der Waals surface area (Å²) in [7, 11) is 0. The van der Waals surface area contributed by atoms with Crippen molar-refractivity contribution in [2.45, 2.75) is 19.4 Å².